The molecule has 6 heterocycles. The summed E-state index contributed by atoms with van der Waals surface area (Å²) in [6.07, 6.45) is 8.67. The maximum atomic E-state index is 5.13. The number of rotatable bonds is 6. The number of fused-ring (bicyclic) bond motifs is 3. The number of hydrogen-bond donors (Lipinski definition) is 1. The van der Waals surface area contributed by atoms with Crippen LogP contribution in [-0.4, -0.2) is 57.7 Å². The van der Waals surface area contributed by atoms with Gasteiger partial charge >= 0.3 is 0 Å². The predicted molar refractivity (Wildman–Crippen MR) is 165 cm³/mol. The van der Waals surface area contributed by atoms with Crippen molar-refractivity contribution in [2.45, 2.75) is 25.3 Å². The number of benzene rings is 2. The van der Waals surface area contributed by atoms with E-state index in [-0.39, 0.29) is 0 Å². The number of hydrogen-bond acceptors (Lipinski definition) is 7. The largest absolute Gasteiger partial charge is 0.323 e. The molecule has 7 aromatic rings. The Kier molecular flexibility index (Phi) is 6.42. The van der Waals surface area contributed by atoms with Crippen LogP contribution in [0.5, 0.6) is 0 Å². The van der Waals surface area contributed by atoms with Crippen molar-refractivity contribution in [3.05, 3.63) is 115 Å². The molecule has 1 saturated heterocycles. The average molecular weight is 563 g/mol. The first-order valence-corrected chi connectivity index (χ1v) is 14.6. The highest BCUT2D eigenvalue weighted by Gasteiger charge is 2.24. The minimum absolute atomic E-state index is 0.385. The Balaban J connectivity index is 1.00. The fourth-order valence-corrected chi connectivity index (χ4v) is 6.01. The molecule has 0 amide bonds. The number of aromatic nitrogens is 8. The normalized spacial score (nSPS) is 14.5. The number of pyridine rings is 3. The van der Waals surface area contributed by atoms with E-state index in [1.807, 2.05) is 36.5 Å². The minimum atomic E-state index is 0.385. The van der Waals surface area contributed by atoms with Crippen LogP contribution in [0.15, 0.2) is 97.3 Å². The van der Waals surface area contributed by atoms with Gasteiger partial charge in [0, 0.05) is 41.4 Å². The second-order valence-corrected chi connectivity index (χ2v) is 11.0. The van der Waals surface area contributed by atoms with E-state index in [2.05, 4.69) is 96.2 Å². The molecule has 1 aliphatic heterocycles. The molecule has 0 aliphatic carbocycles. The summed E-state index contributed by atoms with van der Waals surface area (Å²) in [6, 6.07) is 29.2. The van der Waals surface area contributed by atoms with Crippen LogP contribution in [-0.2, 0) is 6.54 Å². The van der Waals surface area contributed by atoms with E-state index in [0.717, 1.165) is 88.8 Å². The predicted octanol–water partition coefficient (Wildman–Crippen LogP) is 5.97. The summed E-state index contributed by atoms with van der Waals surface area (Å²) in [5, 5.41) is 18.0. The van der Waals surface area contributed by atoms with Crippen molar-refractivity contribution < 1.29 is 0 Å². The van der Waals surface area contributed by atoms with E-state index in [9.17, 15) is 0 Å². The van der Waals surface area contributed by atoms with Gasteiger partial charge in [0.05, 0.1) is 11.2 Å². The van der Waals surface area contributed by atoms with Crippen molar-refractivity contribution in [3.63, 3.8) is 0 Å². The molecule has 0 atom stereocenters. The molecule has 2 aromatic carbocycles. The van der Waals surface area contributed by atoms with Gasteiger partial charge in [0.15, 0.2) is 11.5 Å². The summed E-state index contributed by atoms with van der Waals surface area (Å²) >= 11 is 0. The van der Waals surface area contributed by atoms with Crippen molar-refractivity contribution in [3.8, 4) is 33.9 Å². The van der Waals surface area contributed by atoms with Gasteiger partial charge < -0.3 is 4.98 Å². The number of aromatic amines is 1. The molecule has 8 rings (SSSR count). The highest BCUT2D eigenvalue weighted by Crippen LogP contribution is 2.35. The molecule has 5 aromatic heterocycles. The molecule has 9 heteroatoms. The Labute approximate surface area is 248 Å². The molecule has 0 saturated carbocycles. The summed E-state index contributed by atoms with van der Waals surface area (Å²) in [5.41, 5.74) is 7.98. The Bertz CT molecular complexity index is 2010. The van der Waals surface area contributed by atoms with Gasteiger partial charge in [0.2, 0.25) is 6.33 Å². The van der Waals surface area contributed by atoms with E-state index in [4.69, 9.17) is 4.98 Å². The van der Waals surface area contributed by atoms with Crippen LogP contribution in [0.25, 0.3) is 50.5 Å². The van der Waals surface area contributed by atoms with Crippen LogP contribution in [0.1, 0.15) is 30.1 Å². The molecule has 0 unspecified atom stereocenters. The minimum Gasteiger partial charge on any atom is -0.323 e. The number of nitrogens with one attached hydrogen (secondary N) is 1. The van der Waals surface area contributed by atoms with Gasteiger partial charge in [-0.15, -0.1) is 20.4 Å². The zero-order valence-electron chi connectivity index (χ0n) is 23.4. The summed E-state index contributed by atoms with van der Waals surface area (Å²) in [4.78, 5) is 15.4. The Morgan fingerprint density at radius 1 is 0.837 bits per heavy atom. The fourth-order valence-electron chi connectivity index (χ4n) is 6.01. The van der Waals surface area contributed by atoms with E-state index < -0.39 is 0 Å². The van der Waals surface area contributed by atoms with Gasteiger partial charge in [-0.3, -0.25) is 14.3 Å². The third kappa shape index (κ3) is 4.93. The lowest BCUT2D eigenvalue weighted by molar-refractivity contribution is 0.202. The number of H-pyrrole nitrogens is 1. The number of likely N-dealkylation sites (tertiary alicyclic amines) is 1. The highest BCUT2D eigenvalue weighted by atomic mass is 15.2. The van der Waals surface area contributed by atoms with Gasteiger partial charge in [-0.2, -0.15) is 0 Å². The van der Waals surface area contributed by atoms with Crippen molar-refractivity contribution in [1.82, 2.24) is 44.6 Å². The lowest BCUT2D eigenvalue weighted by atomic mass is 9.95. The summed E-state index contributed by atoms with van der Waals surface area (Å²) < 4.78 is 1.81. The van der Waals surface area contributed by atoms with Gasteiger partial charge in [0.1, 0.15) is 11.5 Å². The second kappa shape index (κ2) is 10.8. The standard InChI is InChI=1S/C34H28N9/c1-2-6-24(7-3-1)27-20-28-29(15-19-43-22-36-41-34(28)43)37-31(27)25-11-9-23(10-12-25)21-42-17-13-26(14-18-42)32-38-33(40-39-32)30-8-4-5-16-35-30/h1-12,15-16,19-20,26H,13-14,17-18,21H2,(H,38,39,40). The highest BCUT2D eigenvalue weighted by molar-refractivity contribution is 5.98. The van der Waals surface area contributed by atoms with E-state index in [0.29, 0.717) is 5.92 Å². The van der Waals surface area contributed by atoms with Gasteiger partial charge in [-0.25, -0.2) is 4.98 Å². The Morgan fingerprint density at radius 2 is 1.67 bits per heavy atom. The van der Waals surface area contributed by atoms with Crippen LogP contribution in [0, 0.1) is 6.33 Å². The lowest BCUT2D eigenvalue weighted by Crippen LogP contribution is -2.32. The first-order valence-electron chi connectivity index (χ1n) is 14.6. The third-order valence-corrected chi connectivity index (χ3v) is 8.30. The smallest absolute Gasteiger partial charge is 0.206 e. The maximum Gasteiger partial charge on any atom is 0.206 e. The maximum absolute atomic E-state index is 5.13. The van der Waals surface area contributed by atoms with E-state index in [1.165, 1.54) is 5.56 Å². The molecule has 43 heavy (non-hydrogen) atoms. The van der Waals surface area contributed by atoms with Gasteiger partial charge in [-0.1, -0.05) is 60.7 Å². The molecule has 0 bridgehead atoms. The molecule has 0 spiro atoms. The molecule has 9 nitrogen and oxygen atoms in total. The third-order valence-electron chi connectivity index (χ3n) is 8.30. The summed E-state index contributed by atoms with van der Waals surface area (Å²) in [7, 11) is 0. The topological polar surface area (TPSA) is 101 Å². The lowest BCUT2D eigenvalue weighted by Gasteiger charge is -2.30. The van der Waals surface area contributed by atoms with Gasteiger partial charge in [0.25, 0.3) is 0 Å². The Morgan fingerprint density at radius 3 is 2.49 bits per heavy atom. The first kappa shape index (κ1) is 25.4. The monoisotopic (exact) mass is 562 g/mol. The van der Waals surface area contributed by atoms with Crippen molar-refractivity contribution in [2.75, 3.05) is 13.1 Å². The molecule has 1 aliphatic rings. The zero-order valence-corrected chi connectivity index (χ0v) is 23.4. The van der Waals surface area contributed by atoms with Crippen LogP contribution in [0.2, 0.25) is 0 Å². The van der Waals surface area contributed by atoms with Crippen LogP contribution in [0.3, 0.4) is 0 Å². The molecule has 1 radical (unpaired) electrons. The number of nitrogens with zero attached hydrogens (tertiary/aromatic N) is 8. The molecule has 1 N–H and O–H groups in total. The van der Waals surface area contributed by atoms with Crippen molar-refractivity contribution >= 4 is 16.6 Å². The molecule has 209 valence electrons. The van der Waals surface area contributed by atoms with E-state index in [1.54, 1.807) is 10.6 Å². The molecular weight excluding hydrogens is 534 g/mol. The SMILES string of the molecule is [c]1nnc2c3cc(-c4ccccc4)c(-c4ccc(CN5CCC(c6nnc(-c7ccccn7)[nH]6)CC5)cc4)nc3ccn12. The van der Waals surface area contributed by atoms with Crippen LogP contribution in [0.4, 0.5) is 0 Å². The first-order chi connectivity index (χ1) is 21.3. The fraction of sp³-hybridized carbons (Fsp3) is 0.176. The van der Waals surface area contributed by atoms with Crippen molar-refractivity contribution in [1.29, 1.82) is 0 Å². The quantitative estimate of drug-likeness (QED) is 0.266. The summed E-state index contributed by atoms with van der Waals surface area (Å²) in [6.45, 7) is 2.95. The summed E-state index contributed by atoms with van der Waals surface area (Å²) in [5.74, 6) is 2.08. The number of piperidine rings is 1. The van der Waals surface area contributed by atoms with Crippen LogP contribution < -0.4 is 0 Å². The molecule has 1 fully saturated rings. The Hall–Kier alpha value is -5.28. The average Bonchev–Trinajstić information content (AvgIpc) is 3.77. The van der Waals surface area contributed by atoms with Crippen LogP contribution >= 0.6 is 0 Å². The van der Waals surface area contributed by atoms with Gasteiger partial charge in [-0.05, 0) is 61.3 Å². The van der Waals surface area contributed by atoms with E-state index >= 15 is 0 Å². The second-order valence-electron chi connectivity index (χ2n) is 11.0. The van der Waals surface area contributed by atoms with Crippen molar-refractivity contribution in [2.24, 2.45) is 0 Å². The zero-order chi connectivity index (χ0) is 28.6. The molecular formula is C34H28N9.